The van der Waals surface area contributed by atoms with Crippen LogP contribution in [-0.4, -0.2) is 17.5 Å². The standard InChI is InChI=1S/C16H18FN3O/c1-2-20(11-12-5-3-7-14(18)9-12)16(21)19-15-8-4-6-13(17)10-15/h3-10H,2,11,18H2,1H3,(H,19,21). The molecule has 0 unspecified atom stereocenters. The van der Waals surface area contributed by atoms with Gasteiger partial charge in [-0.2, -0.15) is 0 Å². The highest BCUT2D eigenvalue weighted by Gasteiger charge is 2.12. The fourth-order valence-corrected chi connectivity index (χ4v) is 2.01. The van der Waals surface area contributed by atoms with Crippen molar-refractivity contribution in [2.45, 2.75) is 13.5 Å². The van der Waals surface area contributed by atoms with Crippen LogP contribution in [0.5, 0.6) is 0 Å². The van der Waals surface area contributed by atoms with Crippen molar-refractivity contribution in [3.63, 3.8) is 0 Å². The molecular weight excluding hydrogens is 269 g/mol. The second kappa shape index (κ2) is 6.74. The van der Waals surface area contributed by atoms with Crippen LogP contribution < -0.4 is 11.1 Å². The summed E-state index contributed by atoms with van der Waals surface area (Å²) >= 11 is 0. The van der Waals surface area contributed by atoms with Crippen LogP contribution in [0, 0.1) is 5.82 Å². The molecule has 0 aliphatic carbocycles. The van der Waals surface area contributed by atoms with Gasteiger partial charge in [-0.25, -0.2) is 9.18 Å². The molecule has 5 heteroatoms. The number of nitrogens with one attached hydrogen (secondary N) is 1. The Morgan fingerprint density at radius 1 is 1.24 bits per heavy atom. The highest BCUT2D eigenvalue weighted by Crippen LogP contribution is 2.13. The highest BCUT2D eigenvalue weighted by molar-refractivity contribution is 5.89. The molecule has 0 radical (unpaired) electrons. The molecule has 0 atom stereocenters. The molecule has 0 heterocycles. The van der Waals surface area contributed by atoms with E-state index in [4.69, 9.17) is 5.73 Å². The Hall–Kier alpha value is -2.56. The molecule has 0 aromatic heterocycles. The van der Waals surface area contributed by atoms with Gasteiger partial charge in [-0.3, -0.25) is 0 Å². The van der Waals surface area contributed by atoms with Gasteiger partial charge < -0.3 is 16.0 Å². The van der Waals surface area contributed by atoms with Gasteiger partial charge in [-0.15, -0.1) is 0 Å². The van der Waals surface area contributed by atoms with Crippen molar-refractivity contribution in [1.82, 2.24) is 4.90 Å². The van der Waals surface area contributed by atoms with Gasteiger partial charge in [0.25, 0.3) is 0 Å². The molecule has 2 rings (SSSR count). The van der Waals surface area contributed by atoms with Gasteiger partial charge in [0.2, 0.25) is 0 Å². The minimum Gasteiger partial charge on any atom is -0.399 e. The van der Waals surface area contributed by atoms with Crippen LogP contribution in [0.4, 0.5) is 20.6 Å². The maximum Gasteiger partial charge on any atom is 0.322 e. The topological polar surface area (TPSA) is 58.4 Å². The minimum absolute atomic E-state index is 0.273. The van der Waals surface area contributed by atoms with Gasteiger partial charge in [-0.1, -0.05) is 18.2 Å². The van der Waals surface area contributed by atoms with Gasteiger partial charge >= 0.3 is 6.03 Å². The molecule has 0 fully saturated rings. The summed E-state index contributed by atoms with van der Waals surface area (Å²) < 4.78 is 13.1. The number of carbonyl (C=O) groups excluding carboxylic acids is 1. The summed E-state index contributed by atoms with van der Waals surface area (Å²) in [5.74, 6) is -0.383. The predicted molar refractivity (Wildman–Crippen MR) is 82.4 cm³/mol. The zero-order valence-corrected chi connectivity index (χ0v) is 11.8. The number of nitrogen functional groups attached to an aromatic ring is 1. The van der Waals surface area contributed by atoms with Crippen LogP contribution in [0.1, 0.15) is 12.5 Å². The smallest absolute Gasteiger partial charge is 0.322 e. The monoisotopic (exact) mass is 287 g/mol. The van der Waals surface area contributed by atoms with Gasteiger partial charge in [-0.05, 0) is 42.8 Å². The lowest BCUT2D eigenvalue weighted by Crippen LogP contribution is -2.34. The summed E-state index contributed by atoms with van der Waals surface area (Å²) in [5, 5.41) is 2.68. The van der Waals surface area contributed by atoms with Crippen LogP contribution in [0.25, 0.3) is 0 Å². The number of nitrogens with two attached hydrogens (primary N) is 1. The second-order valence-electron chi connectivity index (χ2n) is 4.70. The van der Waals surface area contributed by atoms with Crippen molar-refractivity contribution in [2.75, 3.05) is 17.6 Å². The van der Waals surface area contributed by atoms with Crippen LogP contribution in [0.2, 0.25) is 0 Å². The van der Waals surface area contributed by atoms with E-state index in [1.54, 1.807) is 23.1 Å². The van der Waals surface area contributed by atoms with Gasteiger partial charge in [0.1, 0.15) is 5.82 Å². The number of urea groups is 1. The van der Waals surface area contributed by atoms with Crippen molar-refractivity contribution < 1.29 is 9.18 Å². The Morgan fingerprint density at radius 3 is 2.67 bits per heavy atom. The molecule has 0 aliphatic rings. The number of amides is 2. The summed E-state index contributed by atoms with van der Waals surface area (Å²) in [5.41, 5.74) is 7.78. The summed E-state index contributed by atoms with van der Waals surface area (Å²) in [7, 11) is 0. The number of anilines is 2. The van der Waals surface area contributed by atoms with E-state index >= 15 is 0 Å². The normalized spacial score (nSPS) is 10.2. The lowest BCUT2D eigenvalue weighted by Gasteiger charge is -2.21. The number of benzene rings is 2. The fourth-order valence-electron chi connectivity index (χ4n) is 2.01. The molecule has 0 bridgehead atoms. The van der Waals surface area contributed by atoms with Crippen molar-refractivity contribution >= 4 is 17.4 Å². The van der Waals surface area contributed by atoms with E-state index in [-0.39, 0.29) is 11.8 Å². The highest BCUT2D eigenvalue weighted by atomic mass is 19.1. The van der Waals surface area contributed by atoms with Crippen LogP contribution >= 0.6 is 0 Å². The Bertz CT molecular complexity index is 630. The minimum atomic E-state index is -0.383. The third-order valence-corrected chi connectivity index (χ3v) is 3.07. The molecule has 21 heavy (non-hydrogen) atoms. The van der Waals surface area contributed by atoms with E-state index < -0.39 is 0 Å². The molecule has 0 saturated heterocycles. The third kappa shape index (κ3) is 4.21. The summed E-state index contributed by atoms with van der Waals surface area (Å²) in [6, 6.07) is 12.9. The first-order valence-electron chi connectivity index (χ1n) is 6.74. The molecule has 0 aliphatic heterocycles. The molecule has 4 nitrogen and oxygen atoms in total. The summed E-state index contributed by atoms with van der Waals surface area (Å²) in [6.07, 6.45) is 0. The lowest BCUT2D eigenvalue weighted by atomic mass is 10.2. The van der Waals surface area contributed by atoms with Crippen molar-refractivity contribution in [3.8, 4) is 0 Å². The predicted octanol–water partition coefficient (Wildman–Crippen LogP) is 3.46. The molecule has 0 saturated carbocycles. The van der Waals surface area contributed by atoms with E-state index in [9.17, 15) is 9.18 Å². The zero-order chi connectivity index (χ0) is 15.2. The summed E-state index contributed by atoms with van der Waals surface area (Å²) in [4.78, 5) is 13.8. The maximum atomic E-state index is 13.1. The molecule has 2 aromatic rings. The van der Waals surface area contributed by atoms with Crippen LogP contribution in [0.3, 0.4) is 0 Å². The summed E-state index contributed by atoms with van der Waals surface area (Å²) in [6.45, 7) is 2.87. The quantitative estimate of drug-likeness (QED) is 0.846. The van der Waals surface area contributed by atoms with Crippen LogP contribution in [0.15, 0.2) is 48.5 Å². The SMILES string of the molecule is CCN(Cc1cccc(N)c1)C(=O)Nc1cccc(F)c1. The first-order valence-corrected chi connectivity index (χ1v) is 6.74. The number of rotatable bonds is 4. The first-order chi connectivity index (χ1) is 10.1. The Morgan fingerprint density at radius 2 is 2.00 bits per heavy atom. The molecule has 110 valence electrons. The number of hydrogen-bond acceptors (Lipinski definition) is 2. The molecular formula is C16H18FN3O. The number of nitrogens with zero attached hydrogens (tertiary/aromatic N) is 1. The molecule has 3 N–H and O–H groups in total. The van der Waals surface area contributed by atoms with E-state index in [2.05, 4.69) is 5.32 Å². The average molecular weight is 287 g/mol. The Kier molecular flexibility index (Phi) is 4.77. The van der Waals surface area contributed by atoms with Crippen LogP contribution in [-0.2, 0) is 6.54 Å². The molecule has 2 aromatic carbocycles. The van der Waals surface area contributed by atoms with Gasteiger partial charge in [0.05, 0.1) is 0 Å². The third-order valence-electron chi connectivity index (χ3n) is 3.07. The maximum absolute atomic E-state index is 13.1. The Balaban J connectivity index is 2.05. The van der Waals surface area contributed by atoms with E-state index in [1.165, 1.54) is 12.1 Å². The zero-order valence-electron chi connectivity index (χ0n) is 11.8. The van der Waals surface area contributed by atoms with E-state index in [1.807, 2.05) is 25.1 Å². The largest absolute Gasteiger partial charge is 0.399 e. The Labute approximate surface area is 123 Å². The van der Waals surface area contributed by atoms with Crippen molar-refractivity contribution in [1.29, 1.82) is 0 Å². The van der Waals surface area contributed by atoms with E-state index in [0.717, 1.165) is 5.56 Å². The number of carbonyl (C=O) groups is 1. The first kappa shape index (κ1) is 14.8. The second-order valence-corrected chi connectivity index (χ2v) is 4.70. The van der Waals surface area contributed by atoms with Gasteiger partial charge in [0.15, 0.2) is 0 Å². The number of hydrogen-bond donors (Lipinski definition) is 2. The van der Waals surface area contributed by atoms with Crippen molar-refractivity contribution in [3.05, 3.63) is 59.9 Å². The molecule has 0 spiro atoms. The number of halogens is 1. The lowest BCUT2D eigenvalue weighted by molar-refractivity contribution is 0.212. The molecule has 2 amide bonds. The average Bonchev–Trinajstić information content (AvgIpc) is 2.44. The fraction of sp³-hybridized carbons (Fsp3) is 0.188. The van der Waals surface area contributed by atoms with E-state index in [0.29, 0.717) is 24.5 Å². The van der Waals surface area contributed by atoms with Gasteiger partial charge in [0, 0.05) is 24.5 Å². The van der Waals surface area contributed by atoms with Crippen molar-refractivity contribution in [2.24, 2.45) is 0 Å².